The summed E-state index contributed by atoms with van der Waals surface area (Å²) in [6.07, 6.45) is 0.999. The molecule has 2 rings (SSSR count). The second kappa shape index (κ2) is 19.5. The van der Waals surface area contributed by atoms with Gasteiger partial charge in [-0.1, -0.05) is 71.4 Å². The number of nitrogens with zero attached hydrogens (tertiary/aromatic N) is 2. The summed E-state index contributed by atoms with van der Waals surface area (Å²) in [5.74, 6) is -4.00. The van der Waals surface area contributed by atoms with Crippen molar-refractivity contribution in [3.8, 4) is 0 Å². The first-order valence-corrected chi connectivity index (χ1v) is 18.1. The van der Waals surface area contributed by atoms with E-state index in [0.717, 1.165) is 18.4 Å². The Morgan fingerprint density at radius 1 is 1.00 bits per heavy atom. The maximum Gasteiger partial charge on any atom is 0.307 e. The van der Waals surface area contributed by atoms with Crippen molar-refractivity contribution in [3.63, 3.8) is 0 Å². The van der Waals surface area contributed by atoms with Crippen molar-refractivity contribution in [2.24, 2.45) is 35.3 Å². The summed E-state index contributed by atoms with van der Waals surface area (Å²) in [5, 5.41) is 9.90. The van der Waals surface area contributed by atoms with Crippen LogP contribution in [0.5, 0.6) is 0 Å². The van der Waals surface area contributed by atoms with Crippen LogP contribution in [0.15, 0.2) is 30.3 Å². The first kappa shape index (κ1) is 43.0. The van der Waals surface area contributed by atoms with Crippen LogP contribution >= 0.6 is 0 Å². The third-order valence-corrected chi connectivity index (χ3v) is 10.7. The molecule has 11 heteroatoms. The molecular formula is C39H63N3O8. The lowest BCUT2D eigenvalue weighted by molar-refractivity contribution is -0.149. The Balaban J connectivity index is 2.26. The van der Waals surface area contributed by atoms with Crippen LogP contribution in [-0.2, 0) is 39.9 Å². The average molecular weight is 702 g/mol. The fourth-order valence-corrected chi connectivity index (χ4v) is 7.25. The normalized spacial score (nSPS) is 19.3. The molecule has 1 saturated heterocycles. The minimum absolute atomic E-state index is 0.0116. The lowest BCUT2D eigenvalue weighted by Gasteiger charge is -2.41. The third-order valence-electron chi connectivity index (χ3n) is 10.7. The molecule has 0 unspecified atom stereocenters. The molecule has 2 amide bonds. The molecule has 11 nitrogen and oxygen atoms in total. The topological polar surface area (TPSA) is 157 Å². The SMILES string of the molecule is CC[C@H](C)[C@@H]([C@@H](CC(=O)N1CCC[C@H]1[C@H](OC)[C@@H](C)C(=O)C[C@@H](Cc1ccccc1)C(=O)O)OC)N(C)C(=O)[C@@H](CC(=O)C(C)(C)N)C(C)C. The molecule has 0 aliphatic carbocycles. The highest BCUT2D eigenvalue weighted by atomic mass is 16.5. The van der Waals surface area contributed by atoms with Crippen LogP contribution in [0.25, 0.3) is 0 Å². The van der Waals surface area contributed by atoms with Crippen molar-refractivity contribution in [1.82, 2.24) is 9.80 Å². The van der Waals surface area contributed by atoms with E-state index < -0.39 is 47.5 Å². The number of ether oxygens (including phenoxy) is 2. The monoisotopic (exact) mass is 701 g/mol. The summed E-state index contributed by atoms with van der Waals surface area (Å²) >= 11 is 0. The Kier molecular flexibility index (Phi) is 16.7. The van der Waals surface area contributed by atoms with Crippen molar-refractivity contribution in [2.45, 2.75) is 123 Å². The standard InChI is InChI=1S/C39H63N3O8/c1-11-25(4)35(41(8)37(46)29(24(2)3)22-33(44)39(6,7)40)32(49-9)23-34(45)42-19-15-18-30(42)36(50-10)26(5)31(43)21-28(38(47)48)20-27-16-13-12-14-17-27/h12-14,16-17,24-26,28-30,32,35-36H,11,15,18-23,40H2,1-10H3,(H,47,48)/t25-,26-,28+,29-,30-,32+,35-,36+/m0/s1. The Morgan fingerprint density at radius 2 is 1.62 bits per heavy atom. The molecule has 1 fully saturated rings. The van der Waals surface area contributed by atoms with Gasteiger partial charge in [-0.15, -0.1) is 0 Å². The molecule has 1 heterocycles. The molecule has 282 valence electrons. The number of rotatable bonds is 21. The van der Waals surface area contributed by atoms with Crippen LogP contribution in [0.1, 0.15) is 92.6 Å². The van der Waals surface area contributed by atoms with Gasteiger partial charge in [0.2, 0.25) is 11.8 Å². The number of aliphatic carboxylic acids is 1. The Labute approximate surface area is 299 Å². The number of hydrogen-bond donors (Lipinski definition) is 2. The van der Waals surface area contributed by atoms with Gasteiger partial charge in [-0.3, -0.25) is 24.0 Å². The molecular weight excluding hydrogens is 638 g/mol. The fourth-order valence-electron chi connectivity index (χ4n) is 7.25. The van der Waals surface area contributed by atoms with E-state index in [2.05, 4.69) is 0 Å². The van der Waals surface area contributed by atoms with E-state index in [-0.39, 0.29) is 66.9 Å². The summed E-state index contributed by atoms with van der Waals surface area (Å²) in [5.41, 5.74) is 5.86. The zero-order valence-electron chi connectivity index (χ0n) is 32.0. The van der Waals surface area contributed by atoms with Gasteiger partial charge in [0.05, 0.1) is 42.2 Å². The van der Waals surface area contributed by atoms with Gasteiger partial charge in [-0.25, -0.2) is 0 Å². The maximum atomic E-state index is 14.1. The van der Waals surface area contributed by atoms with Crippen LogP contribution in [-0.4, -0.2) is 102 Å². The van der Waals surface area contributed by atoms with Crippen molar-refractivity contribution < 1.29 is 38.6 Å². The van der Waals surface area contributed by atoms with E-state index in [1.165, 1.54) is 7.11 Å². The van der Waals surface area contributed by atoms with Gasteiger partial charge in [-0.05, 0) is 50.5 Å². The molecule has 1 aromatic rings. The van der Waals surface area contributed by atoms with Crippen molar-refractivity contribution in [1.29, 1.82) is 0 Å². The van der Waals surface area contributed by atoms with Gasteiger partial charge in [-0.2, -0.15) is 0 Å². The summed E-state index contributed by atoms with van der Waals surface area (Å²) in [4.78, 5) is 70.0. The smallest absolute Gasteiger partial charge is 0.307 e. The minimum Gasteiger partial charge on any atom is -0.481 e. The zero-order chi connectivity index (χ0) is 37.9. The van der Waals surface area contributed by atoms with Crippen LogP contribution in [0.4, 0.5) is 0 Å². The highest BCUT2D eigenvalue weighted by molar-refractivity contribution is 5.92. The quantitative estimate of drug-likeness (QED) is 0.184. The van der Waals surface area contributed by atoms with Crippen molar-refractivity contribution in [3.05, 3.63) is 35.9 Å². The average Bonchev–Trinajstić information content (AvgIpc) is 3.55. The Bertz CT molecular complexity index is 1280. The van der Waals surface area contributed by atoms with E-state index in [4.69, 9.17) is 15.2 Å². The number of carbonyl (C=O) groups excluding carboxylic acids is 4. The third kappa shape index (κ3) is 11.4. The molecule has 0 bridgehead atoms. The molecule has 0 spiro atoms. The number of carbonyl (C=O) groups is 5. The number of carboxylic acids is 1. The van der Waals surface area contributed by atoms with Gasteiger partial charge in [0.1, 0.15) is 5.78 Å². The number of ketones is 2. The van der Waals surface area contributed by atoms with Crippen molar-refractivity contribution in [2.75, 3.05) is 27.8 Å². The van der Waals surface area contributed by atoms with E-state index >= 15 is 0 Å². The first-order chi connectivity index (χ1) is 23.4. The first-order valence-electron chi connectivity index (χ1n) is 18.1. The van der Waals surface area contributed by atoms with Gasteiger partial charge in [0.15, 0.2) is 5.78 Å². The second-order valence-corrected chi connectivity index (χ2v) is 15.2. The highest BCUT2D eigenvalue weighted by Crippen LogP contribution is 2.31. The summed E-state index contributed by atoms with van der Waals surface area (Å²) in [6.45, 7) is 13.4. The molecule has 0 radical (unpaired) electrons. The number of Topliss-reactive ketones (excluding diaryl/α,β-unsaturated/α-hetero) is 2. The molecule has 50 heavy (non-hydrogen) atoms. The lowest BCUT2D eigenvalue weighted by atomic mass is 9.83. The van der Waals surface area contributed by atoms with E-state index in [1.807, 2.05) is 58.0 Å². The van der Waals surface area contributed by atoms with E-state index in [0.29, 0.717) is 13.0 Å². The predicted octanol–water partition coefficient (Wildman–Crippen LogP) is 4.78. The van der Waals surface area contributed by atoms with Crippen molar-refractivity contribution >= 4 is 29.4 Å². The largest absolute Gasteiger partial charge is 0.481 e. The molecule has 0 aromatic heterocycles. The van der Waals surface area contributed by atoms with Gasteiger partial charge in [0.25, 0.3) is 0 Å². The number of nitrogens with two attached hydrogens (primary N) is 1. The van der Waals surface area contributed by atoms with Gasteiger partial charge >= 0.3 is 5.97 Å². The lowest BCUT2D eigenvalue weighted by Crippen LogP contribution is -2.54. The summed E-state index contributed by atoms with van der Waals surface area (Å²) in [7, 11) is 4.78. The molecule has 8 atom stereocenters. The van der Waals surface area contributed by atoms with Crippen LogP contribution in [0.2, 0.25) is 0 Å². The number of amides is 2. The molecule has 1 aliphatic heterocycles. The molecule has 1 aliphatic rings. The molecule has 0 saturated carbocycles. The fraction of sp³-hybridized carbons (Fsp3) is 0.718. The maximum absolute atomic E-state index is 14.1. The molecule has 1 aromatic carbocycles. The van der Waals surface area contributed by atoms with Gasteiger partial charge < -0.3 is 30.1 Å². The number of carboxylic acid groups (broad SMARTS) is 1. The number of methoxy groups -OCH3 is 2. The Morgan fingerprint density at radius 3 is 2.12 bits per heavy atom. The predicted molar refractivity (Wildman–Crippen MR) is 193 cm³/mol. The Hall–Kier alpha value is -3.15. The number of likely N-dealkylation sites (N-methyl/N-ethyl adjacent to an activating group) is 1. The second-order valence-electron chi connectivity index (χ2n) is 15.2. The van der Waals surface area contributed by atoms with Crippen LogP contribution in [0, 0.1) is 29.6 Å². The zero-order valence-corrected chi connectivity index (χ0v) is 32.0. The number of benzene rings is 1. The number of likely N-dealkylation sites (tertiary alicyclic amines) is 1. The van der Waals surface area contributed by atoms with Crippen LogP contribution < -0.4 is 5.73 Å². The molecule has 3 N–H and O–H groups in total. The number of hydrogen-bond acceptors (Lipinski definition) is 8. The minimum atomic E-state index is -1.06. The van der Waals surface area contributed by atoms with Gasteiger partial charge in [0, 0.05) is 52.5 Å². The van der Waals surface area contributed by atoms with Crippen LogP contribution in [0.3, 0.4) is 0 Å². The van der Waals surface area contributed by atoms with E-state index in [1.54, 1.807) is 44.7 Å². The summed E-state index contributed by atoms with van der Waals surface area (Å²) < 4.78 is 11.8. The van der Waals surface area contributed by atoms with E-state index in [9.17, 15) is 29.1 Å². The summed E-state index contributed by atoms with van der Waals surface area (Å²) in [6, 6.07) is 8.42. The highest BCUT2D eigenvalue weighted by Gasteiger charge is 2.43.